The first kappa shape index (κ1) is 22.1. The molecule has 0 radical (unpaired) electrons. The van der Waals surface area contributed by atoms with Crippen molar-refractivity contribution in [3.05, 3.63) is 56.9 Å². The van der Waals surface area contributed by atoms with Gasteiger partial charge in [-0.25, -0.2) is 14.5 Å². The molecule has 0 saturated heterocycles. The first-order chi connectivity index (χ1) is 13.0. The smallest absolute Gasteiger partial charge is 0.377 e. The van der Waals surface area contributed by atoms with Crippen LogP contribution in [-0.4, -0.2) is 30.2 Å². The molecule has 2 rings (SSSR count). The molecule has 16 heteroatoms. The highest BCUT2D eigenvalue weighted by Gasteiger charge is 2.36. The van der Waals surface area contributed by atoms with E-state index in [1.54, 1.807) is 0 Å². The fraction of sp³-hybridized carbons (Fsp3) is 0.167. The van der Waals surface area contributed by atoms with Crippen molar-refractivity contribution in [3.8, 4) is 11.8 Å². The minimum Gasteiger partial charge on any atom is -0.377 e. The molecule has 0 fully saturated rings. The van der Waals surface area contributed by atoms with Crippen molar-refractivity contribution in [2.24, 2.45) is 0 Å². The van der Waals surface area contributed by atoms with Gasteiger partial charge in [-0.15, -0.1) is 0 Å². The van der Waals surface area contributed by atoms with Crippen LogP contribution < -0.4 is 9.05 Å². The number of nitro groups is 2. The molecular formula is C12H8Cl3N4O8P. The Hall–Kier alpha value is -2.24. The van der Waals surface area contributed by atoms with Crippen LogP contribution in [0.1, 0.15) is 0 Å². The van der Waals surface area contributed by atoms with Gasteiger partial charge >= 0.3 is 7.82 Å². The Morgan fingerprint density at radius 2 is 1.36 bits per heavy atom. The molecular weight excluding hydrogens is 465 g/mol. The molecule has 150 valence electrons. The highest BCUT2D eigenvalue weighted by atomic mass is 35.6. The highest BCUT2D eigenvalue weighted by molar-refractivity contribution is 7.49. The summed E-state index contributed by atoms with van der Waals surface area (Å²) >= 11 is 16.6. The van der Waals surface area contributed by atoms with E-state index in [2.05, 4.69) is 9.97 Å². The van der Waals surface area contributed by atoms with Crippen LogP contribution >= 0.6 is 42.6 Å². The average molecular weight is 474 g/mol. The van der Waals surface area contributed by atoms with Gasteiger partial charge in [0, 0.05) is 24.3 Å². The maximum atomic E-state index is 12.8. The molecule has 28 heavy (non-hydrogen) atoms. The third-order valence-corrected chi connectivity index (χ3v) is 4.25. The number of hydrogen-bond donors (Lipinski definition) is 0. The van der Waals surface area contributed by atoms with E-state index in [0.29, 0.717) is 0 Å². The van der Waals surface area contributed by atoms with Crippen LogP contribution in [0.4, 0.5) is 11.4 Å². The lowest BCUT2D eigenvalue weighted by Gasteiger charge is -2.19. The van der Waals surface area contributed by atoms with Crippen LogP contribution in [0.2, 0.25) is 0 Å². The summed E-state index contributed by atoms with van der Waals surface area (Å²) in [5.74, 6) is -0.722. The van der Waals surface area contributed by atoms with Gasteiger partial charge in [-0.2, -0.15) is 0 Å². The Bertz CT molecular complexity index is 843. The Labute approximate surface area is 171 Å². The number of rotatable bonds is 8. The van der Waals surface area contributed by atoms with Crippen LogP contribution in [-0.2, 0) is 9.09 Å². The van der Waals surface area contributed by atoms with E-state index in [4.69, 9.17) is 48.4 Å². The normalized spacial score (nSPS) is 11.7. The number of halogens is 3. The molecule has 0 amide bonds. The van der Waals surface area contributed by atoms with Crippen LogP contribution in [0.15, 0.2) is 36.7 Å². The zero-order valence-electron chi connectivity index (χ0n) is 13.3. The maximum Gasteiger partial charge on any atom is 0.590 e. The standard InChI is InChI=1S/C12H8Cl3N4O8P/c13-12(14,15)7-25-28(24,26-10-3-1-8(5-16-10)18(20)21)27-11-4-2-9(6-17-11)19(22)23/h1-6H,7H2. The molecule has 0 unspecified atom stereocenters. The SMILES string of the molecule is O=[N+]([O-])c1ccc(OP(=O)(OCC(Cl)(Cl)Cl)Oc2ccc([N+](=O)[O-])cn2)nc1. The molecule has 0 aliphatic rings. The molecule has 0 aromatic carbocycles. The summed E-state index contributed by atoms with van der Waals surface area (Å²) in [4.78, 5) is 27.1. The Balaban J connectivity index is 2.24. The first-order valence-corrected chi connectivity index (χ1v) is 9.48. The maximum absolute atomic E-state index is 12.8. The zero-order valence-corrected chi connectivity index (χ0v) is 16.5. The third kappa shape index (κ3) is 6.73. The van der Waals surface area contributed by atoms with Gasteiger partial charge < -0.3 is 9.05 Å². The molecule has 0 saturated carbocycles. The number of nitrogens with zero attached hydrogens (tertiary/aromatic N) is 4. The number of alkyl halides is 3. The minimum atomic E-state index is -4.56. The van der Waals surface area contributed by atoms with E-state index in [1.807, 2.05) is 0 Å². The summed E-state index contributed by atoms with van der Waals surface area (Å²) in [6, 6.07) is 4.14. The Kier molecular flexibility index (Phi) is 6.96. The van der Waals surface area contributed by atoms with E-state index in [-0.39, 0.29) is 23.1 Å². The Morgan fingerprint density at radius 3 is 1.64 bits per heavy atom. The number of aromatic nitrogens is 2. The summed E-state index contributed by atoms with van der Waals surface area (Å²) in [5.41, 5.74) is -0.690. The van der Waals surface area contributed by atoms with Crippen LogP contribution in [0, 0.1) is 20.2 Å². The third-order valence-electron chi connectivity index (χ3n) is 2.66. The summed E-state index contributed by atoms with van der Waals surface area (Å²) in [7, 11) is -4.56. The lowest BCUT2D eigenvalue weighted by Crippen LogP contribution is -2.16. The molecule has 2 aromatic rings. The quantitative estimate of drug-likeness (QED) is 0.235. The number of pyridine rings is 2. The van der Waals surface area contributed by atoms with Gasteiger partial charge in [-0.1, -0.05) is 34.8 Å². The number of hydrogen-bond acceptors (Lipinski definition) is 10. The molecule has 0 aliphatic carbocycles. The van der Waals surface area contributed by atoms with Gasteiger partial charge in [0.15, 0.2) is 0 Å². The molecule has 0 atom stereocenters. The van der Waals surface area contributed by atoms with Gasteiger partial charge in [-0.3, -0.25) is 24.8 Å². The molecule has 0 spiro atoms. The van der Waals surface area contributed by atoms with Crippen molar-refractivity contribution in [3.63, 3.8) is 0 Å². The van der Waals surface area contributed by atoms with Gasteiger partial charge in [0.2, 0.25) is 15.6 Å². The first-order valence-electron chi connectivity index (χ1n) is 6.89. The monoisotopic (exact) mass is 472 g/mol. The summed E-state index contributed by atoms with van der Waals surface area (Å²) < 4.78 is 25.9. The van der Waals surface area contributed by atoms with Gasteiger partial charge in [-0.05, 0) is 0 Å². The van der Waals surface area contributed by atoms with Crippen LogP contribution in [0.5, 0.6) is 11.8 Å². The van der Waals surface area contributed by atoms with Crippen molar-refractivity contribution >= 4 is 54.0 Å². The van der Waals surface area contributed by atoms with E-state index >= 15 is 0 Å². The second-order valence-corrected chi connectivity index (χ2v) is 8.78. The van der Waals surface area contributed by atoms with Crippen LogP contribution in [0.3, 0.4) is 0 Å². The van der Waals surface area contributed by atoms with Crippen molar-refractivity contribution < 1.29 is 28.0 Å². The molecule has 2 aromatic heterocycles. The van der Waals surface area contributed by atoms with Crippen molar-refractivity contribution in [1.29, 1.82) is 0 Å². The van der Waals surface area contributed by atoms with Gasteiger partial charge in [0.05, 0.1) is 9.85 Å². The molecule has 0 bridgehead atoms. The fourth-order valence-corrected chi connectivity index (χ4v) is 3.08. The van der Waals surface area contributed by atoms with Crippen molar-refractivity contribution in [1.82, 2.24) is 9.97 Å². The Morgan fingerprint density at radius 1 is 0.929 bits per heavy atom. The summed E-state index contributed by atoms with van der Waals surface area (Å²) in [6.07, 6.45) is 1.69. The average Bonchev–Trinajstić information content (AvgIpc) is 2.60. The highest BCUT2D eigenvalue weighted by Crippen LogP contribution is 2.50. The van der Waals surface area contributed by atoms with Gasteiger partial charge in [0.25, 0.3) is 11.4 Å². The molecule has 0 aliphatic heterocycles. The topological polar surface area (TPSA) is 157 Å². The van der Waals surface area contributed by atoms with Crippen molar-refractivity contribution in [2.45, 2.75) is 3.79 Å². The van der Waals surface area contributed by atoms with E-state index in [9.17, 15) is 24.8 Å². The van der Waals surface area contributed by atoms with Crippen molar-refractivity contribution in [2.75, 3.05) is 6.61 Å². The van der Waals surface area contributed by atoms with Crippen LogP contribution in [0.25, 0.3) is 0 Å². The predicted molar refractivity (Wildman–Crippen MR) is 96.9 cm³/mol. The van der Waals surface area contributed by atoms with E-state index < -0.39 is 28.1 Å². The predicted octanol–water partition coefficient (Wildman–Crippen LogP) is 4.25. The molecule has 2 heterocycles. The fourth-order valence-electron chi connectivity index (χ4n) is 1.52. The zero-order chi connectivity index (χ0) is 20.9. The number of phosphoric ester groups is 1. The minimum absolute atomic E-state index is 0.345. The largest absolute Gasteiger partial charge is 0.590 e. The summed E-state index contributed by atoms with van der Waals surface area (Å²) in [5, 5.41) is 21.3. The van der Waals surface area contributed by atoms with E-state index in [1.165, 1.54) is 0 Å². The second kappa shape index (κ2) is 8.84. The summed E-state index contributed by atoms with van der Waals surface area (Å²) in [6.45, 7) is -0.727. The molecule has 0 N–H and O–H groups in total. The molecule has 12 nitrogen and oxygen atoms in total. The van der Waals surface area contributed by atoms with E-state index in [0.717, 1.165) is 36.7 Å². The lowest BCUT2D eigenvalue weighted by atomic mass is 10.4. The lowest BCUT2D eigenvalue weighted by molar-refractivity contribution is -0.385. The van der Waals surface area contributed by atoms with Gasteiger partial charge in [0.1, 0.15) is 19.0 Å². The second-order valence-electron chi connectivity index (χ2n) is 4.74. The number of phosphoric acid groups is 1.